The molecule has 2 amide bonds. The Morgan fingerprint density at radius 2 is 1.48 bits per heavy atom. The van der Waals surface area contributed by atoms with Crippen molar-refractivity contribution in [1.82, 2.24) is 10.2 Å². The summed E-state index contributed by atoms with van der Waals surface area (Å²) in [6.07, 6.45) is 0.165. The summed E-state index contributed by atoms with van der Waals surface area (Å²) in [6, 6.07) is 25.2. The molecule has 0 bridgehead atoms. The maximum atomic E-state index is 14.6. The molecule has 0 spiro atoms. The molecule has 12 heteroatoms. The molecule has 1 N–H and O–H groups in total. The number of sulfonamides is 1. The highest BCUT2D eigenvalue weighted by Gasteiger charge is 2.36. The normalized spacial score (nSPS) is 12.0. The summed E-state index contributed by atoms with van der Waals surface area (Å²) in [4.78, 5) is 29.7. The van der Waals surface area contributed by atoms with E-state index in [4.69, 9.17) is 39.5 Å². The van der Waals surface area contributed by atoms with Gasteiger partial charge in [0.25, 0.3) is 10.0 Å². The van der Waals surface area contributed by atoms with Crippen molar-refractivity contribution in [3.63, 3.8) is 0 Å². The number of rotatable bonds is 13. The Morgan fingerprint density at radius 1 is 0.826 bits per heavy atom. The van der Waals surface area contributed by atoms with Gasteiger partial charge in [-0.3, -0.25) is 13.9 Å². The largest absolute Gasteiger partial charge is 0.495 e. The number of hydrogen-bond donors (Lipinski definition) is 1. The van der Waals surface area contributed by atoms with Crippen LogP contribution in [-0.4, -0.2) is 50.9 Å². The van der Waals surface area contributed by atoms with Crippen LogP contribution in [0.1, 0.15) is 25.0 Å². The van der Waals surface area contributed by atoms with Crippen LogP contribution in [-0.2, 0) is 32.6 Å². The van der Waals surface area contributed by atoms with E-state index in [1.165, 1.54) is 36.3 Å². The topological polar surface area (TPSA) is 96.0 Å². The highest BCUT2D eigenvalue weighted by Crippen LogP contribution is 2.35. The van der Waals surface area contributed by atoms with Crippen LogP contribution in [0.3, 0.4) is 0 Å². The lowest BCUT2D eigenvalue weighted by Gasteiger charge is -2.34. The minimum absolute atomic E-state index is 0.0424. The van der Waals surface area contributed by atoms with Crippen LogP contribution in [0.5, 0.6) is 5.75 Å². The van der Waals surface area contributed by atoms with E-state index in [0.29, 0.717) is 10.6 Å². The van der Waals surface area contributed by atoms with Crippen LogP contribution in [0, 0.1) is 0 Å². The minimum Gasteiger partial charge on any atom is -0.495 e. The van der Waals surface area contributed by atoms with E-state index >= 15 is 0 Å². The van der Waals surface area contributed by atoms with Gasteiger partial charge < -0.3 is 15.0 Å². The van der Waals surface area contributed by atoms with Crippen molar-refractivity contribution in [3.8, 4) is 5.75 Å². The molecule has 0 saturated carbocycles. The van der Waals surface area contributed by atoms with Gasteiger partial charge in [0.15, 0.2) is 0 Å². The predicted molar refractivity (Wildman–Crippen MR) is 183 cm³/mol. The van der Waals surface area contributed by atoms with Gasteiger partial charge in [-0.15, -0.1) is 0 Å². The Balaban J connectivity index is 1.86. The molecule has 46 heavy (non-hydrogen) atoms. The van der Waals surface area contributed by atoms with Crippen LogP contribution < -0.4 is 14.4 Å². The number of anilines is 1. The maximum absolute atomic E-state index is 14.6. The lowest BCUT2D eigenvalue weighted by atomic mass is 10.0. The molecule has 4 aromatic rings. The molecule has 0 heterocycles. The van der Waals surface area contributed by atoms with Crippen molar-refractivity contribution in [3.05, 3.63) is 123 Å². The first-order valence-corrected chi connectivity index (χ1v) is 17.0. The Labute approximate surface area is 284 Å². The van der Waals surface area contributed by atoms with Crippen LogP contribution in [0.15, 0.2) is 102 Å². The summed E-state index contributed by atoms with van der Waals surface area (Å²) in [5.41, 5.74) is 1.47. The third-order valence-corrected chi connectivity index (χ3v) is 9.81. The summed E-state index contributed by atoms with van der Waals surface area (Å²) in [5, 5.41) is 3.76. The van der Waals surface area contributed by atoms with Gasteiger partial charge >= 0.3 is 0 Å². The molecule has 0 aliphatic carbocycles. The zero-order valence-electron chi connectivity index (χ0n) is 25.5. The number of methoxy groups -OCH3 is 1. The van der Waals surface area contributed by atoms with E-state index in [0.717, 1.165) is 9.87 Å². The molecular formula is C34H34Cl3N3O5S. The highest BCUT2D eigenvalue weighted by molar-refractivity contribution is 7.92. The van der Waals surface area contributed by atoms with E-state index in [1.807, 2.05) is 44.2 Å². The molecule has 4 rings (SSSR count). The molecule has 0 saturated heterocycles. The molecule has 4 aromatic carbocycles. The third-order valence-electron chi connectivity index (χ3n) is 7.06. The summed E-state index contributed by atoms with van der Waals surface area (Å²) >= 11 is 18.8. The van der Waals surface area contributed by atoms with Gasteiger partial charge in [-0.05, 0) is 67.4 Å². The molecule has 0 radical (unpaired) electrons. The molecule has 8 nitrogen and oxygen atoms in total. The summed E-state index contributed by atoms with van der Waals surface area (Å²) in [7, 11) is -2.94. The van der Waals surface area contributed by atoms with Gasteiger partial charge in [-0.1, -0.05) is 89.4 Å². The third kappa shape index (κ3) is 8.73. The number of carbonyl (C=O) groups excluding carboxylic acids is 2. The highest BCUT2D eigenvalue weighted by atomic mass is 35.5. The average Bonchev–Trinajstić information content (AvgIpc) is 3.03. The van der Waals surface area contributed by atoms with Crippen molar-refractivity contribution in [2.24, 2.45) is 0 Å². The van der Waals surface area contributed by atoms with E-state index < -0.39 is 34.4 Å². The first-order chi connectivity index (χ1) is 21.9. The Hall–Kier alpha value is -3.76. The monoisotopic (exact) mass is 701 g/mol. The fraction of sp³-hybridized carbons (Fsp3) is 0.235. The van der Waals surface area contributed by atoms with E-state index in [-0.39, 0.29) is 45.4 Å². The molecule has 0 fully saturated rings. The van der Waals surface area contributed by atoms with Crippen LogP contribution in [0.4, 0.5) is 5.69 Å². The van der Waals surface area contributed by atoms with Crippen molar-refractivity contribution in [1.29, 1.82) is 0 Å². The molecule has 0 aromatic heterocycles. The summed E-state index contributed by atoms with van der Waals surface area (Å²) in [5.74, 6) is -0.858. The molecule has 242 valence electrons. The maximum Gasteiger partial charge on any atom is 0.264 e. The molecule has 1 atom stereocenters. The zero-order chi connectivity index (χ0) is 33.4. The van der Waals surface area contributed by atoms with Gasteiger partial charge in [0.1, 0.15) is 18.3 Å². The number of nitrogens with zero attached hydrogens (tertiary/aromatic N) is 2. The van der Waals surface area contributed by atoms with Gasteiger partial charge in [0.2, 0.25) is 11.8 Å². The first kappa shape index (κ1) is 35.1. The number of amides is 2. The number of nitrogens with one attached hydrogen (secondary N) is 1. The van der Waals surface area contributed by atoms with Crippen molar-refractivity contribution >= 4 is 62.3 Å². The molecule has 1 unspecified atom stereocenters. The second kappa shape index (κ2) is 15.7. The van der Waals surface area contributed by atoms with Crippen LogP contribution in [0.2, 0.25) is 15.1 Å². The Bertz CT molecular complexity index is 1770. The quantitative estimate of drug-likeness (QED) is 0.162. The SMILES string of the molecule is COc1ccc(Cl)cc1N(CC(=O)N(Cc1ccc(Cl)c(Cl)c1)C(Cc1ccccc1)C(=O)NC(C)C)S(=O)(=O)c1ccccc1. The molecule has 0 aliphatic rings. The Morgan fingerprint density at radius 3 is 2.09 bits per heavy atom. The predicted octanol–water partition coefficient (Wildman–Crippen LogP) is 7.02. The second-order valence-corrected chi connectivity index (χ2v) is 13.9. The van der Waals surface area contributed by atoms with Gasteiger partial charge in [0.05, 0.1) is 27.7 Å². The van der Waals surface area contributed by atoms with Crippen molar-refractivity contribution in [2.75, 3.05) is 18.0 Å². The summed E-state index contributed by atoms with van der Waals surface area (Å²) in [6.45, 7) is 2.91. The van der Waals surface area contributed by atoms with E-state index in [1.54, 1.807) is 42.5 Å². The number of ether oxygens (including phenoxy) is 1. The van der Waals surface area contributed by atoms with E-state index in [9.17, 15) is 18.0 Å². The van der Waals surface area contributed by atoms with Crippen molar-refractivity contribution < 1.29 is 22.7 Å². The fourth-order valence-electron chi connectivity index (χ4n) is 4.86. The van der Waals surface area contributed by atoms with Crippen LogP contribution >= 0.6 is 34.8 Å². The summed E-state index contributed by atoms with van der Waals surface area (Å²) < 4.78 is 34.8. The zero-order valence-corrected chi connectivity index (χ0v) is 28.6. The lowest BCUT2D eigenvalue weighted by molar-refractivity contribution is -0.140. The Kier molecular flexibility index (Phi) is 12.0. The second-order valence-electron chi connectivity index (χ2n) is 10.8. The standard InChI is InChI=1S/C34H34Cl3N3O5S/c1-23(2)38-34(42)31(19-24-10-6-4-7-11-24)39(21-25-14-16-28(36)29(37)18-25)33(41)22-40(30-20-26(35)15-17-32(30)45-3)46(43,44)27-12-8-5-9-13-27/h4-18,20,23,31H,19,21-22H2,1-3H3,(H,38,42). The number of carbonyl (C=O) groups is 2. The number of hydrogen-bond acceptors (Lipinski definition) is 5. The molecular weight excluding hydrogens is 669 g/mol. The lowest BCUT2D eigenvalue weighted by Crippen LogP contribution is -2.54. The fourth-order valence-corrected chi connectivity index (χ4v) is 6.79. The average molecular weight is 703 g/mol. The van der Waals surface area contributed by atoms with Crippen molar-refractivity contribution in [2.45, 2.75) is 43.8 Å². The number of halogens is 3. The molecule has 0 aliphatic heterocycles. The smallest absolute Gasteiger partial charge is 0.264 e. The van der Waals surface area contributed by atoms with Crippen LogP contribution in [0.25, 0.3) is 0 Å². The first-order valence-electron chi connectivity index (χ1n) is 14.4. The number of benzene rings is 4. The minimum atomic E-state index is -4.33. The van der Waals surface area contributed by atoms with Gasteiger partial charge in [-0.25, -0.2) is 8.42 Å². The van der Waals surface area contributed by atoms with E-state index in [2.05, 4.69) is 5.32 Å². The van der Waals surface area contributed by atoms with Gasteiger partial charge in [0, 0.05) is 24.0 Å². The van der Waals surface area contributed by atoms with Gasteiger partial charge in [-0.2, -0.15) is 0 Å².